The minimum Gasteiger partial charge on any atom is -0.335 e. The first kappa shape index (κ1) is 18.9. The summed E-state index contributed by atoms with van der Waals surface area (Å²) in [5.74, 6) is -5.39. The van der Waals surface area contributed by atoms with Crippen molar-refractivity contribution in [2.75, 3.05) is 19.6 Å². The summed E-state index contributed by atoms with van der Waals surface area (Å²) in [6, 6.07) is 2.56. The lowest BCUT2D eigenvalue weighted by atomic mass is 10.1. The molecule has 0 saturated carbocycles. The molecule has 9 heteroatoms. The molecule has 0 aliphatic carbocycles. The van der Waals surface area contributed by atoms with E-state index in [1.807, 2.05) is 0 Å². The van der Waals surface area contributed by atoms with Gasteiger partial charge in [-0.25, -0.2) is 13.2 Å². The van der Waals surface area contributed by atoms with Crippen LogP contribution in [0.25, 0.3) is 0 Å². The van der Waals surface area contributed by atoms with Crippen LogP contribution in [0.5, 0.6) is 0 Å². The molecule has 3 rings (SSSR count). The number of rotatable bonds is 3. The largest absolute Gasteiger partial charge is 0.335 e. The van der Waals surface area contributed by atoms with Crippen LogP contribution in [0, 0.1) is 17.5 Å². The van der Waals surface area contributed by atoms with Gasteiger partial charge < -0.3 is 9.80 Å². The van der Waals surface area contributed by atoms with Gasteiger partial charge in [0.2, 0.25) is 5.91 Å². The van der Waals surface area contributed by atoms with Gasteiger partial charge in [0.05, 0.1) is 5.56 Å². The van der Waals surface area contributed by atoms with Crippen LogP contribution in [0.15, 0.2) is 30.6 Å². The van der Waals surface area contributed by atoms with Gasteiger partial charge in [-0.1, -0.05) is 0 Å². The van der Waals surface area contributed by atoms with E-state index >= 15 is 0 Å². The average molecular weight is 380 g/mol. The number of piperazine rings is 1. The third-order valence-electron chi connectivity index (χ3n) is 4.74. The summed E-state index contributed by atoms with van der Waals surface area (Å²) in [7, 11) is 0. The molecular weight excluding hydrogens is 361 g/mol. The predicted octanol–water partition coefficient (Wildman–Crippen LogP) is 2.23. The monoisotopic (exact) mass is 380 g/mol. The molecule has 2 aromatic rings. The third-order valence-corrected chi connectivity index (χ3v) is 4.74. The minimum atomic E-state index is -1.67. The van der Waals surface area contributed by atoms with Crippen molar-refractivity contribution in [1.29, 1.82) is 0 Å². The zero-order chi connectivity index (χ0) is 19.7. The Morgan fingerprint density at radius 3 is 2.56 bits per heavy atom. The maximum absolute atomic E-state index is 13.9. The van der Waals surface area contributed by atoms with Gasteiger partial charge in [0.1, 0.15) is 6.04 Å². The summed E-state index contributed by atoms with van der Waals surface area (Å²) in [6.07, 6.45) is 3.28. The van der Waals surface area contributed by atoms with Crippen molar-refractivity contribution in [1.82, 2.24) is 19.6 Å². The van der Waals surface area contributed by atoms with Gasteiger partial charge in [-0.2, -0.15) is 5.10 Å². The molecule has 1 aliphatic rings. The van der Waals surface area contributed by atoms with E-state index in [4.69, 9.17) is 0 Å². The molecule has 1 saturated heterocycles. The quantitative estimate of drug-likeness (QED) is 0.768. The minimum absolute atomic E-state index is 0.141. The van der Waals surface area contributed by atoms with Gasteiger partial charge in [0.25, 0.3) is 5.91 Å². The highest BCUT2D eigenvalue weighted by atomic mass is 19.2. The number of carbonyl (C=O) groups excluding carboxylic acids is 2. The molecule has 2 heterocycles. The lowest BCUT2D eigenvalue weighted by molar-refractivity contribution is -0.138. The smallest absolute Gasteiger partial charge is 0.257 e. The van der Waals surface area contributed by atoms with Gasteiger partial charge in [-0.3, -0.25) is 14.3 Å². The number of hydrogen-bond donors (Lipinski definition) is 0. The van der Waals surface area contributed by atoms with Crippen LogP contribution in [0.4, 0.5) is 13.2 Å². The van der Waals surface area contributed by atoms with E-state index in [9.17, 15) is 22.8 Å². The fourth-order valence-electron chi connectivity index (χ4n) is 3.19. The molecule has 0 bridgehead atoms. The summed E-state index contributed by atoms with van der Waals surface area (Å²) in [6.45, 7) is 4.08. The van der Waals surface area contributed by atoms with Crippen LogP contribution in [-0.2, 0) is 4.79 Å². The molecule has 2 atom stereocenters. The molecule has 1 aromatic carbocycles. The van der Waals surface area contributed by atoms with Crippen LogP contribution in [0.3, 0.4) is 0 Å². The number of nitrogens with zero attached hydrogens (tertiary/aromatic N) is 4. The zero-order valence-electron chi connectivity index (χ0n) is 14.9. The van der Waals surface area contributed by atoms with Crippen molar-refractivity contribution in [2.24, 2.45) is 0 Å². The molecule has 6 nitrogen and oxygen atoms in total. The summed E-state index contributed by atoms with van der Waals surface area (Å²) >= 11 is 0. The highest BCUT2D eigenvalue weighted by Crippen LogP contribution is 2.20. The first-order valence-electron chi connectivity index (χ1n) is 8.53. The molecule has 0 spiro atoms. The van der Waals surface area contributed by atoms with Crippen LogP contribution >= 0.6 is 0 Å². The molecular formula is C18H19F3N4O2. The molecule has 27 heavy (non-hydrogen) atoms. The highest BCUT2D eigenvalue weighted by molar-refractivity contribution is 5.94. The van der Waals surface area contributed by atoms with Crippen molar-refractivity contribution in [3.8, 4) is 0 Å². The molecule has 1 unspecified atom stereocenters. The van der Waals surface area contributed by atoms with Crippen LogP contribution < -0.4 is 0 Å². The maximum atomic E-state index is 13.9. The van der Waals surface area contributed by atoms with E-state index in [0.29, 0.717) is 0 Å². The lowest BCUT2D eigenvalue weighted by Crippen LogP contribution is -2.56. The molecule has 0 radical (unpaired) electrons. The van der Waals surface area contributed by atoms with Gasteiger partial charge in [-0.05, 0) is 32.0 Å². The second-order valence-corrected chi connectivity index (χ2v) is 6.52. The average Bonchev–Trinajstić information content (AvgIpc) is 3.19. The van der Waals surface area contributed by atoms with Crippen molar-refractivity contribution in [3.63, 3.8) is 0 Å². The van der Waals surface area contributed by atoms with Crippen LogP contribution in [0.2, 0.25) is 0 Å². The Kier molecular flexibility index (Phi) is 5.20. The topological polar surface area (TPSA) is 58.4 Å². The highest BCUT2D eigenvalue weighted by Gasteiger charge is 2.34. The van der Waals surface area contributed by atoms with Crippen molar-refractivity contribution in [3.05, 3.63) is 53.6 Å². The van der Waals surface area contributed by atoms with Crippen molar-refractivity contribution < 1.29 is 22.8 Å². The number of halogens is 3. The Bertz CT molecular complexity index is 857. The Balaban J connectivity index is 1.70. The number of carbonyl (C=O) groups is 2. The summed E-state index contributed by atoms with van der Waals surface area (Å²) < 4.78 is 41.9. The van der Waals surface area contributed by atoms with Gasteiger partial charge >= 0.3 is 0 Å². The lowest BCUT2D eigenvalue weighted by Gasteiger charge is -2.41. The Morgan fingerprint density at radius 2 is 1.93 bits per heavy atom. The van der Waals surface area contributed by atoms with E-state index in [2.05, 4.69) is 5.10 Å². The summed E-state index contributed by atoms with van der Waals surface area (Å²) in [4.78, 5) is 28.2. The number of aromatic nitrogens is 2. The van der Waals surface area contributed by atoms with Crippen molar-refractivity contribution >= 4 is 11.8 Å². The second-order valence-electron chi connectivity index (χ2n) is 6.52. The van der Waals surface area contributed by atoms with E-state index in [1.54, 1.807) is 41.9 Å². The molecule has 1 aromatic heterocycles. The standard InChI is InChI=1S/C18H19F3N4O2/c1-11-10-23(18(27)13-4-5-14(19)16(21)15(13)20)8-9-24(11)17(26)12(2)25-7-3-6-22-25/h3-7,11-12H,8-10H2,1-2H3/t11-,12?/m0/s1. The molecule has 144 valence electrons. The number of amides is 2. The van der Waals surface area contributed by atoms with Crippen LogP contribution in [-0.4, -0.2) is 57.1 Å². The first-order valence-corrected chi connectivity index (χ1v) is 8.53. The fourth-order valence-corrected chi connectivity index (χ4v) is 3.19. The van der Waals surface area contributed by atoms with E-state index < -0.39 is 35.0 Å². The number of hydrogen-bond acceptors (Lipinski definition) is 3. The Morgan fingerprint density at radius 1 is 1.19 bits per heavy atom. The van der Waals surface area contributed by atoms with Crippen molar-refractivity contribution in [2.45, 2.75) is 25.9 Å². The first-order chi connectivity index (χ1) is 12.8. The van der Waals surface area contributed by atoms with E-state index in [1.165, 1.54) is 4.90 Å². The molecule has 1 aliphatic heterocycles. The molecule has 2 amide bonds. The van der Waals surface area contributed by atoms with Crippen LogP contribution in [0.1, 0.15) is 30.2 Å². The molecule has 1 fully saturated rings. The second kappa shape index (κ2) is 7.42. The summed E-state index contributed by atoms with van der Waals surface area (Å²) in [5.41, 5.74) is -0.522. The van der Waals surface area contributed by atoms with Gasteiger partial charge in [-0.15, -0.1) is 0 Å². The summed E-state index contributed by atoms with van der Waals surface area (Å²) in [5, 5.41) is 4.06. The Hall–Kier alpha value is -2.84. The predicted molar refractivity (Wildman–Crippen MR) is 90.3 cm³/mol. The third kappa shape index (κ3) is 3.54. The number of benzene rings is 1. The van der Waals surface area contributed by atoms with E-state index in [0.717, 1.165) is 12.1 Å². The molecule has 0 N–H and O–H groups in total. The zero-order valence-corrected chi connectivity index (χ0v) is 14.9. The SMILES string of the molecule is CC(C(=O)N1CCN(C(=O)c2ccc(F)c(F)c2F)C[C@@H]1C)n1cccn1. The van der Waals surface area contributed by atoms with E-state index in [-0.39, 0.29) is 31.6 Å². The normalized spacial score (nSPS) is 18.5. The van der Waals surface area contributed by atoms with Gasteiger partial charge in [0, 0.05) is 38.1 Å². The van der Waals surface area contributed by atoms with Gasteiger partial charge in [0.15, 0.2) is 17.5 Å². The Labute approximate surface area is 154 Å². The fraction of sp³-hybridized carbons (Fsp3) is 0.389. The maximum Gasteiger partial charge on any atom is 0.257 e.